The van der Waals surface area contributed by atoms with Crippen molar-refractivity contribution in [1.82, 2.24) is 4.90 Å². The fourth-order valence-electron chi connectivity index (χ4n) is 2.78. The maximum Gasteiger partial charge on any atom is 0.338 e. The van der Waals surface area contributed by atoms with Gasteiger partial charge in [0.15, 0.2) is 0 Å². The Kier molecular flexibility index (Phi) is 4.65. The van der Waals surface area contributed by atoms with Crippen molar-refractivity contribution in [2.75, 3.05) is 39.2 Å². The van der Waals surface area contributed by atoms with E-state index in [1.54, 1.807) is 0 Å². The Labute approximate surface area is 121 Å². The Morgan fingerprint density at radius 2 is 1.95 bits per heavy atom. The van der Waals surface area contributed by atoms with E-state index in [-0.39, 0.29) is 5.97 Å². The topological polar surface area (TPSA) is 32.8 Å². The molecule has 0 atom stereocenters. The van der Waals surface area contributed by atoms with Crippen molar-refractivity contribution in [3.05, 3.63) is 29.3 Å². The third-order valence-electron chi connectivity index (χ3n) is 4.19. The van der Waals surface area contributed by atoms with Crippen LogP contribution in [0.4, 0.5) is 5.69 Å². The lowest BCUT2D eigenvalue weighted by Gasteiger charge is -2.36. The summed E-state index contributed by atoms with van der Waals surface area (Å²) in [5.41, 5.74) is 2.75. The molecule has 1 aromatic rings. The molecule has 0 spiro atoms. The molecule has 0 saturated carbocycles. The van der Waals surface area contributed by atoms with E-state index in [1.807, 2.05) is 19.1 Å². The normalized spacial score (nSPS) is 16.6. The molecule has 0 aromatic heterocycles. The zero-order valence-electron chi connectivity index (χ0n) is 12.8. The largest absolute Gasteiger partial charge is 0.465 e. The van der Waals surface area contributed by atoms with E-state index in [0.717, 1.165) is 37.2 Å². The first-order valence-electron chi connectivity index (χ1n) is 7.13. The van der Waals surface area contributed by atoms with Gasteiger partial charge >= 0.3 is 5.97 Å². The van der Waals surface area contributed by atoms with Crippen molar-refractivity contribution < 1.29 is 9.53 Å². The Hall–Kier alpha value is -1.55. The monoisotopic (exact) mass is 276 g/mol. The number of esters is 1. The number of benzene rings is 1. The standard InChI is InChI=1S/C16H24N2O2/c1-12-5-6-14(11-15(12)16(19)20-4)18-9-7-13(8-10-18)17(2)3/h5-6,11,13H,7-10H2,1-4H3. The van der Waals surface area contributed by atoms with Gasteiger partial charge in [-0.05, 0) is 51.6 Å². The lowest BCUT2D eigenvalue weighted by Crippen LogP contribution is -2.42. The van der Waals surface area contributed by atoms with Crippen LogP contribution in [0.5, 0.6) is 0 Å². The quantitative estimate of drug-likeness (QED) is 0.793. The molecule has 1 heterocycles. The number of hydrogen-bond acceptors (Lipinski definition) is 4. The first-order chi connectivity index (χ1) is 9.52. The van der Waals surface area contributed by atoms with Crippen LogP contribution in [0.25, 0.3) is 0 Å². The van der Waals surface area contributed by atoms with Crippen molar-refractivity contribution in [2.45, 2.75) is 25.8 Å². The van der Waals surface area contributed by atoms with Crippen LogP contribution in [-0.4, -0.2) is 51.2 Å². The zero-order valence-corrected chi connectivity index (χ0v) is 12.8. The van der Waals surface area contributed by atoms with E-state index in [4.69, 9.17) is 4.74 Å². The smallest absolute Gasteiger partial charge is 0.338 e. The summed E-state index contributed by atoms with van der Waals surface area (Å²) in [5, 5.41) is 0. The van der Waals surface area contributed by atoms with Crippen molar-refractivity contribution in [2.24, 2.45) is 0 Å². The highest BCUT2D eigenvalue weighted by atomic mass is 16.5. The summed E-state index contributed by atoms with van der Waals surface area (Å²) in [4.78, 5) is 16.4. The number of rotatable bonds is 3. The van der Waals surface area contributed by atoms with Gasteiger partial charge in [0.1, 0.15) is 0 Å². The highest BCUT2D eigenvalue weighted by molar-refractivity contribution is 5.92. The van der Waals surface area contributed by atoms with Gasteiger partial charge in [0.2, 0.25) is 0 Å². The third kappa shape index (κ3) is 3.12. The van der Waals surface area contributed by atoms with Gasteiger partial charge in [-0.3, -0.25) is 0 Å². The van der Waals surface area contributed by atoms with Crippen LogP contribution < -0.4 is 4.90 Å². The van der Waals surface area contributed by atoms with Crippen molar-refractivity contribution in [3.63, 3.8) is 0 Å². The molecule has 4 nitrogen and oxygen atoms in total. The molecule has 2 rings (SSSR count). The van der Waals surface area contributed by atoms with E-state index in [1.165, 1.54) is 7.11 Å². The number of aryl methyl sites for hydroxylation is 1. The van der Waals surface area contributed by atoms with E-state index in [2.05, 4.69) is 30.0 Å². The van der Waals surface area contributed by atoms with Crippen molar-refractivity contribution >= 4 is 11.7 Å². The number of anilines is 1. The molecule has 1 saturated heterocycles. The SMILES string of the molecule is COC(=O)c1cc(N2CCC(N(C)C)CC2)ccc1C. The summed E-state index contributed by atoms with van der Waals surface area (Å²) in [7, 11) is 5.71. The van der Waals surface area contributed by atoms with Crippen LogP contribution in [0.2, 0.25) is 0 Å². The number of methoxy groups -OCH3 is 1. The summed E-state index contributed by atoms with van der Waals surface area (Å²) >= 11 is 0. The Morgan fingerprint density at radius 3 is 2.50 bits per heavy atom. The van der Waals surface area contributed by atoms with Gasteiger partial charge in [-0.25, -0.2) is 4.79 Å². The molecule has 0 amide bonds. The fourth-order valence-corrected chi connectivity index (χ4v) is 2.78. The van der Waals surface area contributed by atoms with Gasteiger partial charge in [-0.2, -0.15) is 0 Å². The fraction of sp³-hybridized carbons (Fsp3) is 0.562. The minimum absolute atomic E-state index is 0.257. The minimum Gasteiger partial charge on any atom is -0.465 e. The number of nitrogens with zero attached hydrogens (tertiary/aromatic N) is 2. The van der Waals surface area contributed by atoms with Gasteiger partial charge in [0.25, 0.3) is 0 Å². The third-order valence-corrected chi connectivity index (χ3v) is 4.19. The molecule has 1 aliphatic rings. The average Bonchev–Trinajstić information content (AvgIpc) is 2.47. The maximum atomic E-state index is 11.8. The molecule has 1 aliphatic heterocycles. The second kappa shape index (κ2) is 6.27. The Balaban J connectivity index is 2.12. The van der Waals surface area contributed by atoms with E-state index in [0.29, 0.717) is 11.6 Å². The van der Waals surface area contributed by atoms with Crippen LogP contribution in [0, 0.1) is 6.92 Å². The molecule has 0 N–H and O–H groups in total. The molecule has 0 bridgehead atoms. The zero-order chi connectivity index (χ0) is 14.7. The summed E-state index contributed by atoms with van der Waals surface area (Å²) < 4.78 is 4.84. The maximum absolute atomic E-state index is 11.8. The number of ether oxygens (including phenoxy) is 1. The van der Waals surface area contributed by atoms with Crippen LogP contribution in [-0.2, 0) is 4.74 Å². The molecular formula is C16H24N2O2. The minimum atomic E-state index is -0.257. The van der Waals surface area contributed by atoms with Gasteiger partial charge in [-0.15, -0.1) is 0 Å². The number of carbonyl (C=O) groups excluding carboxylic acids is 1. The van der Waals surface area contributed by atoms with Gasteiger partial charge < -0.3 is 14.5 Å². The molecule has 1 fully saturated rings. The Bertz CT molecular complexity index is 477. The van der Waals surface area contributed by atoms with Crippen LogP contribution in [0.3, 0.4) is 0 Å². The first kappa shape index (κ1) is 14.9. The highest BCUT2D eigenvalue weighted by Crippen LogP contribution is 2.24. The van der Waals surface area contributed by atoms with Crippen LogP contribution in [0.15, 0.2) is 18.2 Å². The van der Waals surface area contributed by atoms with Gasteiger partial charge in [-0.1, -0.05) is 6.07 Å². The summed E-state index contributed by atoms with van der Waals surface area (Å²) in [6.45, 7) is 4.01. The predicted octanol–water partition coefficient (Wildman–Crippen LogP) is 2.31. The van der Waals surface area contributed by atoms with E-state index >= 15 is 0 Å². The van der Waals surface area contributed by atoms with Crippen molar-refractivity contribution in [1.29, 1.82) is 0 Å². The molecule has 110 valence electrons. The predicted molar refractivity (Wildman–Crippen MR) is 81.4 cm³/mol. The van der Waals surface area contributed by atoms with Gasteiger partial charge in [0, 0.05) is 24.8 Å². The molecule has 20 heavy (non-hydrogen) atoms. The summed E-state index contributed by atoms with van der Waals surface area (Å²) in [6.07, 6.45) is 2.32. The van der Waals surface area contributed by atoms with Crippen LogP contribution >= 0.6 is 0 Å². The lowest BCUT2D eigenvalue weighted by atomic mass is 10.0. The molecule has 0 aliphatic carbocycles. The lowest BCUT2D eigenvalue weighted by molar-refractivity contribution is 0.0600. The molecule has 0 unspecified atom stereocenters. The second-order valence-electron chi connectivity index (χ2n) is 5.67. The number of piperidine rings is 1. The molecule has 1 aromatic carbocycles. The van der Waals surface area contributed by atoms with Gasteiger partial charge in [0.05, 0.1) is 12.7 Å². The Morgan fingerprint density at radius 1 is 1.30 bits per heavy atom. The van der Waals surface area contributed by atoms with Crippen LogP contribution in [0.1, 0.15) is 28.8 Å². The van der Waals surface area contributed by atoms with E-state index in [9.17, 15) is 4.79 Å². The van der Waals surface area contributed by atoms with Crippen molar-refractivity contribution in [3.8, 4) is 0 Å². The summed E-state index contributed by atoms with van der Waals surface area (Å²) in [5.74, 6) is -0.257. The molecular weight excluding hydrogens is 252 g/mol. The first-order valence-corrected chi connectivity index (χ1v) is 7.13. The number of carbonyl (C=O) groups is 1. The highest BCUT2D eigenvalue weighted by Gasteiger charge is 2.21. The molecule has 0 radical (unpaired) electrons. The second-order valence-corrected chi connectivity index (χ2v) is 5.67. The summed E-state index contributed by atoms with van der Waals surface area (Å²) in [6, 6.07) is 6.71. The van der Waals surface area contributed by atoms with E-state index < -0.39 is 0 Å². The average molecular weight is 276 g/mol. The number of hydrogen-bond donors (Lipinski definition) is 0. The molecule has 4 heteroatoms.